The van der Waals surface area contributed by atoms with E-state index in [4.69, 9.17) is 0 Å². The van der Waals surface area contributed by atoms with E-state index in [9.17, 15) is 18.8 Å². The molecule has 2 aromatic rings. The number of aliphatic imine (C=N–C) groups is 1. The molecule has 1 aliphatic heterocycles. The summed E-state index contributed by atoms with van der Waals surface area (Å²) in [6.45, 7) is 1.88. The van der Waals surface area contributed by atoms with Gasteiger partial charge in [-0.25, -0.2) is 14.1 Å². The third kappa shape index (κ3) is 3.45. The van der Waals surface area contributed by atoms with Crippen molar-refractivity contribution in [2.75, 3.05) is 4.90 Å². The molecule has 0 bridgehead atoms. The van der Waals surface area contributed by atoms with Crippen molar-refractivity contribution in [1.82, 2.24) is 5.32 Å². The average molecular weight is 339 g/mol. The Balaban J connectivity index is 1.87. The van der Waals surface area contributed by atoms with Crippen LogP contribution in [0.4, 0.5) is 20.6 Å². The number of nitrogens with one attached hydrogen (secondary N) is 1. The molecule has 7 heteroatoms. The zero-order valence-electron chi connectivity index (χ0n) is 13.3. The summed E-state index contributed by atoms with van der Waals surface area (Å²) in [4.78, 5) is 41.6. The first-order valence-corrected chi connectivity index (χ1v) is 7.51. The number of benzene rings is 2. The molecule has 0 aliphatic carbocycles. The van der Waals surface area contributed by atoms with E-state index in [2.05, 4.69) is 10.3 Å². The molecule has 0 radical (unpaired) electrons. The van der Waals surface area contributed by atoms with E-state index in [0.29, 0.717) is 11.4 Å². The molecule has 25 heavy (non-hydrogen) atoms. The van der Waals surface area contributed by atoms with Gasteiger partial charge in [0.25, 0.3) is 5.91 Å². The molecule has 0 spiro atoms. The Morgan fingerprint density at radius 1 is 1.04 bits per heavy atom. The molecule has 126 valence electrons. The lowest BCUT2D eigenvalue weighted by molar-refractivity contribution is -0.131. The number of nitrogens with zero attached hydrogens (tertiary/aromatic N) is 2. The van der Waals surface area contributed by atoms with E-state index in [1.807, 2.05) is 6.92 Å². The smallest absolute Gasteiger partial charge is 0.276 e. The molecule has 3 rings (SSSR count). The predicted octanol–water partition coefficient (Wildman–Crippen LogP) is 2.74. The van der Waals surface area contributed by atoms with Crippen molar-refractivity contribution in [1.29, 1.82) is 0 Å². The maximum atomic E-state index is 12.9. The highest BCUT2D eigenvalue weighted by molar-refractivity contribution is 6.32. The summed E-state index contributed by atoms with van der Waals surface area (Å²) in [5.41, 5.74) is 1.72. The molecule has 1 aliphatic rings. The number of amides is 4. The van der Waals surface area contributed by atoms with Gasteiger partial charge >= 0.3 is 6.03 Å². The largest absolute Gasteiger partial charge is 0.335 e. The van der Waals surface area contributed by atoms with Crippen molar-refractivity contribution in [3.05, 3.63) is 59.9 Å². The maximum absolute atomic E-state index is 12.9. The Kier molecular flexibility index (Phi) is 4.38. The third-order valence-corrected chi connectivity index (χ3v) is 3.69. The van der Waals surface area contributed by atoms with Gasteiger partial charge in [-0.3, -0.25) is 19.9 Å². The number of halogens is 1. The van der Waals surface area contributed by atoms with Crippen LogP contribution in [0.1, 0.15) is 5.56 Å². The van der Waals surface area contributed by atoms with Crippen molar-refractivity contribution in [3.63, 3.8) is 0 Å². The minimum absolute atomic E-state index is 0.362. The van der Waals surface area contributed by atoms with Gasteiger partial charge in [0.2, 0.25) is 5.91 Å². The lowest BCUT2D eigenvalue weighted by atomic mass is 10.1. The lowest BCUT2D eigenvalue weighted by Crippen LogP contribution is -2.58. The van der Waals surface area contributed by atoms with Crippen LogP contribution in [0.2, 0.25) is 0 Å². The molecular weight excluding hydrogens is 325 g/mol. The Morgan fingerprint density at radius 2 is 1.68 bits per heavy atom. The van der Waals surface area contributed by atoms with Gasteiger partial charge in [0, 0.05) is 6.21 Å². The lowest BCUT2D eigenvalue weighted by Gasteiger charge is -2.28. The molecule has 0 aromatic heterocycles. The highest BCUT2D eigenvalue weighted by Gasteiger charge is 2.40. The van der Waals surface area contributed by atoms with Crippen LogP contribution in [0.5, 0.6) is 0 Å². The number of hydrogen-bond acceptors (Lipinski definition) is 4. The Morgan fingerprint density at radius 3 is 2.32 bits per heavy atom. The van der Waals surface area contributed by atoms with Crippen molar-refractivity contribution in [3.8, 4) is 0 Å². The molecule has 1 saturated heterocycles. The van der Waals surface area contributed by atoms with Crippen LogP contribution in [0.3, 0.4) is 0 Å². The second-order valence-electron chi connectivity index (χ2n) is 5.54. The van der Waals surface area contributed by atoms with Crippen molar-refractivity contribution >= 4 is 35.4 Å². The summed E-state index contributed by atoms with van der Waals surface area (Å²) in [5, 5.41) is 2.14. The van der Waals surface area contributed by atoms with Crippen molar-refractivity contribution in [2.45, 2.75) is 6.92 Å². The second-order valence-corrected chi connectivity index (χ2v) is 5.54. The monoisotopic (exact) mass is 339 g/mol. The number of hydrogen-bond donors (Lipinski definition) is 1. The molecule has 1 atom stereocenters. The Hall–Kier alpha value is -3.35. The van der Waals surface area contributed by atoms with Gasteiger partial charge in [0.1, 0.15) is 5.82 Å². The first kappa shape index (κ1) is 16.5. The van der Waals surface area contributed by atoms with E-state index < -0.39 is 29.6 Å². The number of barbiturate groups is 1. The van der Waals surface area contributed by atoms with Gasteiger partial charge in [-0.2, -0.15) is 0 Å². The number of carbonyl (C=O) groups excluding carboxylic acids is 3. The summed E-state index contributed by atoms with van der Waals surface area (Å²) < 4.78 is 12.9. The summed E-state index contributed by atoms with van der Waals surface area (Å²) in [7, 11) is 0. The highest BCUT2D eigenvalue weighted by atomic mass is 19.1. The molecular formula is C18H14FN3O3. The summed E-state index contributed by atoms with van der Waals surface area (Å²) in [6.07, 6.45) is 1.15. The zero-order chi connectivity index (χ0) is 18.0. The Bertz CT molecular complexity index is 860. The van der Waals surface area contributed by atoms with Crippen molar-refractivity contribution < 1.29 is 18.8 Å². The normalized spacial score (nSPS) is 17.9. The highest BCUT2D eigenvalue weighted by Crippen LogP contribution is 2.21. The predicted molar refractivity (Wildman–Crippen MR) is 90.2 cm³/mol. The molecule has 2 aromatic carbocycles. The van der Waals surface area contributed by atoms with Gasteiger partial charge < -0.3 is 0 Å². The van der Waals surface area contributed by atoms with E-state index >= 15 is 0 Å². The summed E-state index contributed by atoms with van der Waals surface area (Å²) >= 11 is 0. The quantitative estimate of drug-likeness (QED) is 0.690. The van der Waals surface area contributed by atoms with Gasteiger partial charge in [0.05, 0.1) is 11.4 Å². The van der Waals surface area contributed by atoms with E-state index in [1.165, 1.54) is 24.3 Å². The van der Waals surface area contributed by atoms with Crippen LogP contribution in [0.25, 0.3) is 0 Å². The van der Waals surface area contributed by atoms with E-state index in [-0.39, 0.29) is 0 Å². The molecule has 6 nitrogen and oxygen atoms in total. The van der Waals surface area contributed by atoms with Crippen LogP contribution >= 0.6 is 0 Å². The average Bonchev–Trinajstić information content (AvgIpc) is 2.57. The van der Waals surface area contributed by atoms with Gasteiger partial charge in [-0.05, 0) is 43.3 Å². The molecule has 0 saturated carbocycles. The fourth-order valence-electron chi connectivity index (χ4n) is 2.35. The van der Waals surface area contributed by atoms with Gasteiger partial charge in [-0.15, -0.1) is 0 Å². The fourth-order valence-corrected chi connectivity index (χ4v) is 2.35. The molecule has 0 unspecified atom stereocenters. The fraction of sp³-hybridized carbons (Fsp3) is 0.111. The third-order valence-electron chi connectivity index (χ3n) is 3.69. The minimum atomic E-state index is -1.25. The number of aryl methyl sites for hydroxylation is 1. The van der Waals surface area contributed by atoms with Crippen LogP contribution in [0.15, 0.2) is 53.5 Å². The van der Waals surface area contributed by atoms with E-state index in [1.54, 1.807) is 24.3 Å². The molecule has 1 fully saturated rings. The number of urea groups is 1. The second kappa shape index (κ2) is 6.64. The van der Waals surface area contributed by atoms with Crippen molar-refractivity contribution in [2.24, 2.45) is 10.9 Å². The maximum Gasteiger partial charge on any atom is 0.335 e. The number of imide groups is 2. The number of carbonyl (C=O) groups is 3. The topological polar surface area (TPSA) is 78.8 Å². The Labute approximate surface area is 143 Å². The standard InChI is InChI=1S/C18H14FN3O3/c1-11-2-8-14(9-3-11)22-17(24)15(16(23)21-18(22)25)10-20-13-6-4-12(19)5-7-13/h2-10,15H,1H3,(H,21,23,25)/t15-/m1/s1. The van der Waals surface area contributed by atoms with E-state index in [0.717, 1.165) is 16.7 Å². The van der Waals surface area contributed by atoms with Gasteiger partial charge in [-0.1, -0.05) is 17.7 Å². The number of rotatable bonds is 3. The summed E-state index contributed by atoms with van der Waals surface area (Å²) in [6, 6.07) is 11.2. The van der Waals surface area contributed by atoms with Crippen LogP contribution in [-0.2, 0) is 9.59 Å². The van der Waals surface area contributed by atoms with Gasteiger partial charge in [0.15, 0.2) is 5.92 Å². The summed E-state index contributed by atoms with van der Waals surface area (Å²) in [5.74, 6) is -3.10. The van der Waals surface area contributed by atoms with Crippen LogP contribution in [0, 0.1) is 18.7 Å². The number of anilines is 1. The van der Waals surface area contributed by atoms with Crippen LogP contribution < -0.4 is 10.2 Å². The van der Waals surface area contributed by atoms with Crippen LogP contribution in [-0.4, -0.2) is 24.1 Å². The first-order valence-electron chi connectivity index (χ1n) is 7.51. The molecule has 1 heterocycles. The minimum Gasteiger partial charge on any atom is -0.276 e. The molecule has 1 N–H and O–H groups in total. The first-order chi connectivity index (χ1) is 12.0. The zero-order valence-corrected chi connectivity index (χ0v) is 13.3. The SMILES string of the molecule is Cc1ccc(N2C(=O)NC(=O)[C@@H](C=Nc3ccc(F)cc3)C2=O)cc1. The molecule has 4 amide bonds.